The van der Waals surface area contributed by atoms with E-state index in [0.717, 1.165) is 38.5 Å². The second kappa shape index (κ2) is 8.83. The minimum absolute atomic E-state index is 0.0541. The van der Waals surface area contributed by atoms with Gasteiger partial charge in [-0.15, -0.1) is 0 Å². The summed E-state index contributed by atoms with van der Waals surface area (Å²) in [5.41, 5.74) is 4.59. The van der Waals surface area contributed by atoms with Crippen molar-refractivity contribution in [1.82, 2.24) is 0 Å². The second-order valence-corrected chi connectivity index (χ2v) is 12.1. The minimum Gasteiger partial charge on any atom is -0.379 e. The van der Waals surface area contributed by atoms with Gasteiger partial charge in [0.25, 0.3) is 0 Å². The van der Waals surface area contributed by atoms with Crippen LogP contribution in [0.2, 0.25) is 0 Å². The lowest BCUT2D eigenvalue weighted by molar-refractivity contribution is -0.0136. The molecule has 4 saturated carbocycles. The van der Waals surface area contributed by atoms with Crippen LogP contribution >= 0.6 is 0 Å². The van der Waals surface area contributed by atoms with Gasteiger partial charge in [0.2, 0.25) is 0 Å². The first kappa shape index (κ1) is 23.2. The molecule has 4 aromatic rings. The van der Waals surface area contributed by atoms with Crippen molar-refractivity contribution in [2.24, 2.45) is 0 Å². The van der Waals surface area contributed by atoms with E-state index in [-0.39, 0.29) is 22.2 Å². The highest BCUT2D eigenvalue weighted by Gasteiger charge is 2.69. The molecule has 4 aromatic carbocycles. The molecule has 4 aliphatic carbocycles. The van der Waals surface area contributed by atoms with Gasteiger partial charge in [-0.25, -0.2) is 0 Å². The van der Waals surface area contributed by atoms with Gasteiger partial charge in [-0.2, -0.15) is 0 Å². The highest BCUT2D eigenvalue weighted by Crippen LogP contribution is 2.64. The van der Waals surface area contributed by atoms with Crippen LogP contribution in [0.1, 0.15) is 38.5 Å². The SMILES string of the molecule is c1ccc(NC23CC4(Nc5ccccc5)CC(Nc5ccccc5)(C2)CC(Nc2ccccc2)(C3)C4)cc1. The van der Waals surface area contributed by atoms with Crippen LogP contribution in [-0.4, -0.2) is 22.2 Å². The standard InChI is InChI=1S/C34H36N4/c1-5-13-27(14-6-1)35-31-21-32(36-28-15-7-2-8-16-28)24-33(22-31,37-29-17-9-3-10-18-29)26-34(23-31,25-32)38-30-19-11-4-12-20-30/h1-20,35-38H,21-26H2. The van der Waals surface area contributed by atoms with Crippen LogP contribution in [0.25, 0.3) is 0 Å². The Kier molecular flexibility index (Phi) is 5.40. The van der Waals surface area contributed by atoms with Crippen LogP contribution in [0, 0.1) is 0 Å². The Hall–Kier alpha value is -3.92. The first-order chi connectivity index (χ1) is 18.6. The number of para-hydroxylation sites is 4. The molecule has 0 spiro atoms. The molecule has 4 heteroatoms. The smallest absolute Gasteiger partial charge is 0.0440 e. The molecule has 38 heavy (non-hydrogen) atoms. The summed E-state index contributed by atoms with van der Waals surface area (Å²) in [5.74, 6) is 0. The van der Waals surface area contributed by atoms with Crippen molar-refractivity contribution in [3.8, 4) is 0 Å². The molecule has 4 aliphatic rings. The lowest BCUT2D eigenvalue weighted by Gasteiger charge is -2.71. The first-order valence-corrected chi connectivity index (χ1v) is 13.9. The quantitative estimate of drug-likeness (QED) is 0.200. The molecular formula is C34H36N4. The van der Waals surface area contributed by atoms with Crippen LogP contribution in [0.5, 0.6) is 0 Å². The van der Waals surface area contributed by atoms with Crippen molar-refractivity contribution < 1.29 is 0 Å². The van der Waals surface area contributed by atoms with E-state index in [0.29, 0.717) is 0 Å². The molecule has 8 rings (SSSR count). The van der Waals surface area contributed by atoms with E-state index >= 15 is 0 Å². The van der Waals surface area contributed by atoms with Crippen molar-refractivity contribution in [2.45, 2.75) is 60.7 Å². The average molecular weight is 501 g/mol. The third-order valence-electron chi connectivity index (χ3n) is 8.79. The monoisotopic (exact) mass is 500 g/mol. The van der Waals surface area contributed by atoms with E-state index < -0.39 is 0 Å². The van der Waals surface area contributed by atoms with E-state index in [2.05, 4.69) is 143 Å². The zero-order chi connectivity index (χ0) is 25.5. The molecule has 0 aromatic heterocycles. The first-order valence-electron chi connectivity index (χ1n) is 13.9. The van der Waals surface area contributed by atoms with E-state index in [1.54, 1.807) is 0 Å². The summed E-state index contributed by atoms with van der Waals surface area (Å²) in [7, 11) is 0. The molecule has 0 heterocycles. The molecule has 4 bridgehead atoms. The number of hydrogen-bond acceptors (Lipinski definition) is 4. The van der Waals surface area contributed by atoms with Gasteiger partial charge < -0.3 is 21.3 Å². The van der Waals surface area contributed by atoms with Crippen LogP contribution in [0.3, 0.4) is 0 Å². The van der Waals surface area contributed by atoms with Crippen molar-refractivity contribution in [3.63, 3.8) is 0 Å². The largest absolute Gasteiger partial charge is 0.379 e. The van der Waals surface area contributed by atoms with Gasteiger partial charge in [-0.1, -0.05) is 72.8 Å². The average Bonchev–Trinajstić information content (AvgIpc) is 2.89. The summed E-state index contributed by atoms with van der Waals surface area (Å²) in [6, 6.07) is 43.2. The topological polar surface area (TPSA) is 48.1 Å². The van der Waals surface area contributed by atoms with Gasteiger partial charge in [0.1, 0.15) is 0 Å². The number of nitrogens with one attached hydrogen (secondary N) is 4. The van der Waals surface area contributed by atoms with Gasteiger partial charge in [0, 0.05) is 44.9 Å². The van der Waals surface area contributed by atoms with E-state index in [1.807, 2.05) is 0 Å². The summed E-state index contributed by atoms with van der Waals surface area (Å²) in [4.78, 5) is 0. The van der Waals surface area contributed by atoms with Gasteiger partial charge in [-0.3, -0.25) is 0 Å². The molecule has 0 radical (unpaired) electrons. The molecule has 4 N–H and O–H groups in total. The predicted molar refractivity (Wildman–Crippen MR) is 159 cm³/mol. The molecule has 192 valence electrons. The Labute approximate surface area is 225 Å². The molecule has 0 atom stereocenters. The fourth-order valence-electron chi connectivity index (χ4n) is 8.48. The van der Waals surface area contributed by atoms with Crippen LogP contribution in [-0.2, 0) is 0 Å². The Bertz CT molecular complexity index is 1120. The summed E-state index contributed by atoms with van der Waals surface area (Å²) < 4.78 is 0. The van der Waals surface area contributed by atoms with Gasteiger partial charge >= 0.3 is 0 Å². The lowest BCUT2D eigenvalue weighted by atomic mass is 9.44. The third-order valence-corrected chi connectivity index (χ3v) is 8.79. The molecule has 0 aliphatic heterocycles. The van der Waals surface area contributed by atoms with Crippen molar-refractivity contribution in [1.29, 1.82) is 0 Å². The fraction of sp³-hybridized carbons (Fsp3) is 0.294. The van der Waals surface area contributed by atoms with E-state index in [9.17, 15) is 0 Å². The molecule has 4 nitrogen and oxygen atoms in total. The van der Waals surface area contributed by atoms with Crippen LogP contribution in [0.4, 0.5) is 22.7 Å². The maximum atomic E-state index is 4.10. The maximum absolute atomic E-state index is 4.10. The van der Waals surface area contributed by atoms with Gasteiger partial charge in [0.15, 0.2) is 0 Å². The lowest BCUT2D eigenvalue weighted by Crippen LogP contribution is -2.78. The molecule has 0 saturated heterocycles. The number of benzene rings is 4. The summed E-state index contributed by atoms with van der Waals surface area (Å²) in [6.07, 6.45) is 6.50. The highest BCUT2D eigenvalue weighted by atomic mass is 15.2. The normalized spacial score (nSPS) is 30.9. The Morgan fingerprint density at radius 1 is 0.289 bits per heavy atom. The Balaban J connectivity index is 1.35. The number of rotatable bonds is 8. The van der Waals surface area contributed by atoms with Gasteiger partial charge in [-0.05, 0) is 87.1 Å². The Morgan fingerprint density at radius 2 is 0.474 bits per heavy atom. The predicted octanol–water partition coefficient (Wildman–Crippen LogP) is 7.77. The fourth-order valence-corrected chi connectivity index (χ4v) is 8.48. The summed E-state index contributed by atoms with van der Waals surface area (Å²) in [5, 5.41) is 16.4. The molecule has 0 amide bonds. The van der Waals surface area contributed by atoms with E-state index in [4.69, 9.17) is 0 Å². The van der Waals surface area contributed by atoms with Crippen molar-refractivity contribution in [3.05, 3.63) is 121 Å². The van der Waals surface area contributed by atoms with Crippen LogP contribution < -0.4 is 21.3 Å². The summed E-state index contributed by atoms with van der Waals surface area (Å²) >= 11 is 0. The molecule has 0 unspecified atom stereocenters. The van der Waals surface area contributed by atoms with E-state index in [1.165, 1.54) is 22.7 Å². The highest BCUT2D eigenvalue weighted by molar-refractivity contribution is 5.58. The maximum Gasteiger partial charge on any atom is 0.0440 e. The molecule has 4 fully saturated rings. The third kappa shape index (κ3) is 4.38. The minimum atomic E-state index is -0.0541. The van der Waals surface area contributed by atoms with Crippen molar-refractivity contribution in [2.75, 3.05) is 21.3 Å². The number of anilines is 4. The van der Waals surface area contributed by atoms with Gasteiger partial charge in [0.05, 0.1) is 0 Å². The van der Waals surface area contributed by atoms with Crippen molar-refractivity contribution >= 4 is 22.7 Å². The molecular weight excluding hydrogens is 464 g/mol. The second-order valence-electron chi connectivity index (χ2n) is 12.1. The van der Waals surface area contributed by atoms with Crippen LogP contribution in [0.15, 0.2) is 121 Å². The number of hydrogen-bond donors (Lipinski definition) is 4. The summed E-state index contributed by atoms with van der Waals surface area (Å²) in [6.45, 7) is 0. The Morgan fingerprint density at radius 3 is 0.658 bits per heavy atom. The zero-order valence-corrected chi connectivity index (χ0v) is 21.8. The zero-order valence-electron chi connectivity index (χ0n) is 21.8.